The van der Waals surface area contributed by atoms with Crippen molar-refractivity contribution in [1.29, 1.82) is 0 Å². The maximum atomic E-state index is 3.56. The van der Waals surface area contributed by atoms with Gasteiger partial charge in [0.2, 0.25) is 0 Å². The fraction of sp³-hybridized carbons (Fsp3) is 0.667. The molecular formula is C18H29N. The summed E-state index contributed by atoms with van der Waals surface area (Å²) in [5, 5.41) is 3.56. The molecule has 0 heterocycles. The van der Waals surface area contributed by atoms with Gasteiger partial charge < -0.3 is 5.32 Å². The van der Waals surface area contributed by atoms with Crippen molar-refractivity contribution in [2.75, 3.05) is 6.54 Å². The highest BCUT2D eigenvalue weighted by molar-refractivity contribution is 5.30. The smallest absolute Gasteiger partial charge is 0.00104 e. The van der Waals surface area contributed by atoms with E-state index in [2.05, 4.69) is 57.3 Å². The van der Waals surface area contributed by atoms with Gasteiger partial charge in [0, 0.05) is 6.04 Å². The van der Waals surface area contributed by atoms with Crippen molar-refractivity contribution >= 4 is 0 Å². The Morgan fingerprint density at radius 1 is 1.16 bits per heavy atom. The predicted molar refractivity (Wildman–Crippen MR) is 83.8 cm³/mol. The summed E-state index contributed by atoms with van der Waals surface area (Å²) in [4.78, 5) is 0. The van der Waals surface area contributed by atoms with E-state index in [1.54, 1.807) is 5.56 Å². The van der Waals surface area contributed by atoms with Gasteiger partial charge in [-0.15, -0.1) is 0 Å². The van der Waals surface area contributed by atoms with Crippen molar-refractivity contribution in [2.24, 2.45) is 5.92 Å². The van der Waals surface area contributed by atoms with Crippen LogP contribution in [-0.4, -0.2) is 12.6 Å². The molecule has 1 saturated carbocycles. The average Bonchev–Trinajstić information content (AvgIpc) is 2.33. The maximum absolute atomic E-state index is 3.56. The fourth-order valence-electron chi connectivity index (χ4n) is 2.76. The fourth-order valence-corrected chi connectivity index (χ4v) is 2.76. The highest BCUT2D eigenvalue weighted by Crippen LogP contribution is 2.37. The third-order valence-corrected chi connectivity index (χ3v) is 4.71. The van der Waals surface area contributed by atoms with E-state index in [9.17, 15) is 0 Å². The van der Waals surface area contributed by atoms with Gasteiger partial charge in [-0.3, -0.25) is 0 Å². The first-order valence-corrected chi connectivity index (χ1v) is 7.91. The summed E-state index contributed by atoms with van der Waals surface area (Å²) >= 11 is 0. The number of benzene rings is 1. The van der Waals surface area contributed by atoms with Gasteiger partial charge in [-0.2, -0.15) is 0 Å². The quantitative estimate of drug-likeness (QED) is 0.781. The Morgan fingerprint density at radius 3 is 2.47 bits per heavy atom. The van der Waals surface area contributed by atoms with Crippen LogP contribution in [0.3, 0.4) is 0 Å². The lowest BCUT2D eigenvalue weighted by molar-refractivity contribution is 0.414. The number of nitrogens with one attached hydrogen (secondary N) is 1. The minimum absolute atomic E-state index is 0.580. The molecule has 2 unspecified atom stereocenters. The molecule has 2 rings (SSSR count). The van der Waals surface area contributed by atoms with E-state index in [0.29, 0.717) is 17.9 Å². The number of rotatable bonds is 6. The summed E-state index contributed by atoms with van der Waals surface area (Å²) in [7, 11) is 0. The van der Waals surface area contributed by atoms with Crippen LogP contribution in [0.5, 0.6) is 0 Å². The standard InChI is InChI=1S/C18H29N/c1-13(2)19-12-14(3)15(4)17-9-6-10-18(11-17)16-7-5-8-16/h6,9-11,13-16,19H,5,7-8,12H2,1-4H3. The van der Waals surface area contributed by atoms with Crippen molar-refractivity contribution in [2.45, 2.75) is 64.8 Å². The molecule has 0 spiro atoms. The van der Waals surface area contributed by atoms with Crippen molar-refractivity contribution in [3.05, 3.63) is 35.4 Å². The van der Waals surface area contributed by atoms with E-state index in [4.69, 9.17) is 0 Å². The Labute approximate surface area is 118 Å². The topological polar surface area (TPSA) is 12.0 Å². The van der Waals surface area contributed by atoms with Crippen molar-refractivity contribution in [1.82, 2.24) is 5.32 Å². The summed E-state index contributed by atoms with van der Waals surface area (Å²) in [5.74, 6) is 2.15. The van der Waals surface area contributed by atoms with E-state index >= 15 is 0 Å². The van der Waals surface area contributed by atoms with Gasteiger partial charge in [0.05, 0.1) is 0 Å². The van der Waals surface area contributed by atoms with E-state index in [-0.39, 0.29) is 0 Å². The van der Waals surface area contributed by atoms with Crippen LogP contribution in [0.2, 0.25) is 0 Å². The molecule has 0 bridgehead atoms. The lowest BCUT2D eigenvalue weighted by atomic mass is 9.78. The van der Waals surface area contributed by atoms with Crippen LogP contribution >= 0.6 is 0 Å². The van der Waals surface area contributed by atoms with Gasteiger partial charge in [-0.1, -0.05) is 58.4 Å². The summed E-state index contributed by atoms with van der Waals surface area (Å²) in [6, 6.07) is 9.91. The SMILES string of the molecule is CC(C)NCC(C)C(C)c1cccc(C2CCC2)c1. The van der Waals surface area contributed by atoms with Gasteiger partial charge in [-0.25, -0.2) is 0 Å². The van der Waals surface area contributed by atoms with Crippen molar-refractivity contribution in [3.8, 4) is 0 Å². The number of hydrogen-bond acceptors (Lipinski definition) is 1. The average molecular weight is 259 g/mol. The normalized spacial score (nSPS) is 19.2. The van der Waals surface area contributed by atoms with Crippen LogP contribution in [0.4, 0.5) is 0 Å². The molecule has 1 heteroatoms. The molecule has 1 aromatic carbocycles. The summed E-state index contributed by atoms with van der Waals surface area (Å²) in [6.07, 6.45) is 4.20. The second-order valence-electron chi connectivity index (χ2n) is 6.63. The van der Waals surface area contributed by atoms with Gasteiger partial charge in [0.1, 0.15) is 0 Å². The first kappa shape index (κ1) is 14.6. The Hall–Kier alpha value is -0.820. The Balaban J connectivity index is 1.99. The molecule has 0 aromatic heterocycles. The molecule has 1 aliphatic carbocycles. The van der Waals surface area contributed by atoms with Crippen LogP contribution < -0.4 is 5.32 Å². The highest BCUT2D eigenvalue weighted by Gasteiger charge is 2.21. The summed E-state index contributed by atoms with van der Waals surface area (Å²) in [5.41, 5.74) is 3.09. The first-order valence-electron chi connectivity index (χ1n) is 7.91. The van der Waals surface area contributed by atoms with Crippen LogP contribution in [-0.2, 0) is 0 Å². The largest absolute Gasteiger partial charge is 0.314 e. The van der Waals surface area contributed by atoms with Crippen LogP contribution in [0.15, 0.2) is 24.3 Å². The van der Waals surface area contributed by atoms with Crippen LogP contribution in [0.1, 0.15) is 69.9 Å². The Bertz CT molecular complexity index is 392. The Morgan fingerprint density at radius 2 is 1.89 bits per heavy atom. The third-order valence-electron chi connectivity index (χ3n) is 4.71. The maximum Gasteiger partial charge on any atom is 0.00104 e. The monoisotopic (exact) mass is 259 g/mol. The molecule has 0 aliphatic heterocycles. The van der Waals surface area contributed by atoms with Gasteiger partial charge in [-0.05, 0) is 48.3 Å². The summed E-state index contributed by atoms with van der Waals surface area (Å²) < 4.78 is 0. The molecule has 1 fully saturated rings. The van der Waals surface area contributed by atoms with Crippen LogP contribution in [0, 0.1) is 5.92 Å². The lowest BCUT2D eigenvalue weighted by Gasteiger charge is -2.28. The molecule has 19 heavy (non-hydrogen) atoms. The Kier molecular flexibility index (Phi) is 5.04. The van der Waals surface area contributed by atoms with E-state index in [1.165, 1.54) is 24.8 Å². The minimum Gasteiger partial charge on any atom is -0.314 e. The number of hydrogen-bond donors (Lipinski definition) is 1. The molecule has 1 nitrogen and oxygen atoms in total. The zero-order chi connectivity index (χ0) is 13.8. The van der Waals surface area contributed by atoms with E-state index in [1.807, 2.05) is 0 Å². The first-order chi connectivity index (χ1) is 9.08. The van der Waals surface area contributed by atoms with Gasteiger partial charge in [0.15, 0.2) is 0 Å². The molecule has 106 valence electrons. The van der Waals surface area contributed by atoms with Gasteiger partial charge >= 0.3 is 0 Å². The second-order valence-corrected chi connectivity index (χ2v) is 6.63. The van der Waals surface area contributed by atoms with Crippen LogP contribution in [0.25, 0.3) is 0 Å². The molecular weight excluding hydrogens is 230 g/mol. The second kappa shape index (κ2) is 6.56. The zero-order valence-corrected chi connectivity index (χ0v) is 12.9. The minimum atomic E-state index is 0.580. The molecule has 0 amide bonds. The molecule has 0 radical (unpaired) electrons. The van der Waals surface area contributed by atoms with Crippen molar-refractivity contribution in [3.63, 3.8) is 0 Å². The van der Waals surface area contributed by atoms with Crippen molar-refractivity contribution < 1.29 is 0 Å². The predicted octanol–water partition coefficient (Wildman–Crippen LogP) is 4.69. The van der Waals surface area contributed by atoms with E-state index in [0.717, 1.165) is 12.5 Å². The zero-order valence-electron chi connectivity index (χ0n) is 12.9. The van der Waals surface area contributed by atoms with Gasteiger partial charge in [0.25, 0.3) is 0 Å². The molecule has 2 atom stereocenters. The lowest BCUT2D eigenvalue weighted by Crippen LogP contribution is -2.29. The molecule has 1 aliphatic rings. The molecule has 1 aromatic rings. The summed E-state index contributed by atoms with van der Waals surface area (Å²) in [6.45, 7) is 10.3. The molecule has 1 N–H and O–H groups in total. The highest BCUT2D eigenvalue weighted by atomic mass is 14.9. The third kappa shape index (κ3) is 3.82. The van der Waals surface area contributed by atoms with E-state index < -0.39 is 0 Å². The molecule has 0 saturated heterocycles.